The lowest BCUT2D eigenvalue weighted by Crippen LogP contribution is -2.03. The molecule has 0 aliphatic heterocycles. The molecule has 1 heterocycles. The summed E-state index contributed by atoms with van der Waals surface area (Å²) in [7, 11) is 0. The molecule has 0 fully saturated rings. The first-order valence-corrected chi connectivity index (χ1v) is 9.88. The third-order valence-corrected chi connectivity index (χ3v) is 5.72. The second-order valence-corrected chi connectivity index (χ2v) is 7.56. The Morgan fingerprint density at radius 3 is 1.43 bits per heavy atom. The fraction of sp³-hybridized carbons (Fsp3) is 0.0800. The highest BCUT2D eigenvalue weighted by atomic mass is 32.1. The van der Waals surface area contributed by atoms with Gasteiger partial charge in [0.15, 0.2) is 4.77 Å². The topological polar surface area (TPSA) is 9.86 Å². The number of aromatic nitrogens is 2. The van der Waals surface area contributed by atoms with Crippen LogP contribution in [0.4, 0.5) is 0 Å². The van der Waals surface area contributed by atoms with Crippen molar-refractivity contribution in [3.05, 3.63) is 113 Å². The molecule has 1 aromatic heterocycles. The largest absolute Gasteiger partial charge is 0.319 e. The van der Waals surface area contributed by atoms with Crippen molar-refractivity contribution in [3.8, 4) is 0 Å². The average molecular weight is 381 g/mol. The third kappa shape index (κ3) is 3.25. The van der Waals surface area contributed by atoms with Crippen LogP contribution in [0.5, 0.6) is 0 Å². The van der Waals surface area contributed by atoms with Crippen molar-refractivity contribution in [2.45, 2.75) is 13.1 Å². The molecule has 0 radical (unpaired) electrons. The average Bonchev–Trinajstić information content (AvgIpc) is 3.07. The molecular formula is C25H20N2S. The summed E-state index contributed by atoms with van der Waals surface area (Å²) in [6.45, 7) is 1.57. The van der Waals surface area contributed by atoms with Crippen LogP contribution in [0.1, 0.15) is 11.1 Å². The minimum Gasteiger partial charge on any atom is -0.319 e. The number of nitrogens with zero attached hydrogens (tertiary/aromatic N) is 2. The van der Waals surface area contributed by atoms with Crippen LogP contribution in [0.3, 0.4) is 0 Å². The predicted molar refractivity (Wildman–Crippen MR) is 119 cm³/mol. The number of rotatable bonds is 4. The van der Waals surface area contributed by atoms with E-state index >= 15 is 0 Å². The molecule has 2 nitrogen and oxygen atoms in total. The predicted octanol–water partition coefficient (Wildman–Crippen LogP) is 6.42. The molecule has 4 aromatic carbocycles. The minimum atomic E-state index is 0.786. The van der Waals surface area contributed by atoms with Gasteiger partial charge in [-0.1, -0.05) is 72.8 Å². The van der Waals surface area contributed by atoms with Crippen molar-refractivity contribution in [2.75, 3.05) is 0 Å². The highest BCUT2D eigenvalue weighted by Gasteiger charge is 2.04. The van der Waals surface area contributed by atoms with Gasteiger partial charge in [0.25, 0.3) is 0 Å². The number of imidazole rings is 1. The maximum Gasteiger partial charge on any atom is 0.180 e. The quantitative estimate of drug-likeness (QED) is 0.327. The Labute approximate surface area is 169 Å². The van der Waals surface area contributed by atoms with E-state index in [-0.39, 0.29) is 0 Å². The van der Waals surface area contributed by atoms with E-state index in [1.54, 1.807) is 0 Å². The molecule has 0 unspecified atom stereocenters. The van der Waals surface area contributed by atoms with Crippen LogP contribution < -0.4 is 0 Å². The van der Waals surface area contributed by atoms with E-state index in [1.165, 1.54) is 32.7 Å². The molecule has 0 aliphatic rings. The monoisotopic (exact) mass is 380 g/mol. The summed E-state index contributed by atoms with van der Waals surface area (Å²) in [6.07, 6.45) is 4.16. The summed E-state index contributed by atoms with van der Waals surface area (Å²) in [5.74, 6) is 0. The lowest BCUT2D eigenvalue weighted by molar-refractivity contribution is 0.714. The number of fused-ring (bicyclic) bond motifs is 2. The second kappa shape index (κ2) is 7.10. The van der Waals surface area contributed by atoms with Gasteiger partial charge in [0.2, 0.25) is 0 Å². The molecule has 0 aliphatic carbocycles. The smallest absolute Gasteiger partial charge is 0.180 e. The molecule has 0 saturated carbocycles. The normalized spacial score (nSPS) is 11.3. The highest BCUT2D eigenvalue weighted by molar-refractivity contribution is 7.71. The van der Waals surface area contributed by atoms with Crippen molar-refractivity contribution in [3.63, 3.8) is 0 Å². The third-order valence-electron chi connectivity index (χ3n) is 5.25. The van der Waals surface area contributed by atoms with Gasteiger partial charge >= 0.3 is 0 Å². The van der Waals surface area contributed by atoms with Crippen LogP contribution in [0, 0.1) is 4.77 Å². The number of hydrogen-bond acceptors (Lipinski definition) is 1. The Balaban J connectivity index is 1.41. The van der Waals surface area contributed by atoms with Crippen LogP contribution in [-0.2, 0) is 13.1 Å². The van der Waals surface area contributed by atoms with E-state index in [2.05, 4.69) is 106 Å². The molecule has 3 heteroatoms. The van der Waals surface area contributed by atoms with Gasteiger partial charge in [-0.15, -0.1) is 0 Å². The molecule has 0 atom stereocenters. The van der Waals surface area contributed by atoms with E-state index in [4.69, 9.17) is 12.2 Å². The van der Waals surface area contributed by atoms with Gasteiger partial charge in [-0.05, 0) is 57.0 Å². The summed E-state index contributed by atoms with van der Waals surface area (Å²) < 4.78 is 5.13. The van der Waals surface area contributed by atoms with Gasteiger partial charge in [-0.25, -0.2) is 0 Å². The van der Waals surface area contributed by atoms with Gasteiger partial charge < -0.3 is 9.13 Å². The zero-order valence-corrected chi connectivity index (χ0v) is 16.3. The second-order valence-electron chi connectivity index (χ2n) is 7.20. The van der Waals surface area contributed by atoms with Crippen molar-refractivity contribution in [1.29, 1.82) is 0 Å². The standard InChI is InChI=1S/C25H20N2S/c28-25-26(17-19-9-11-21-5-1-3-7-23(21)15-19)13-14-27(25)18-20-10-12-22-6-2-4-8-24(22)16-20/h1-16H,17-18H2. The molecule has 0 saturated heterocycles. The van der Waals surface area contributed by atoms with Crippen LogP contribution in [0.2, 0.25) is 0 Å². The van der Waals surface area contributed by atoms with Crippen LogP contribution in [0.25, 0.3) is 21.5 Å². The van der Waals surface area contributed by atoms with Crippen molar-refractivity contribution in [1.82, 2.24) is 9.13 Å². The summed E-state index contributed by atoms with van der Waals surface area (Å²) in [4.78, 5) is 0. The van der Waals surface area contributed by atoms with E-state index in [0.29, 0.717) is 0 Å². The van der Waals surface area contributed by atoms with Crippen molar-refractivity contribution < 1.29 is 0 Å². The van der Waals surface area contributed by atoms with Crippen LogP contribution >= 0.6 is 12.2 Å². The fourth-order valence-corrected chi connectivity index (χ4v) is 4.01. The fourth-order valence-electron chi connectivity index (χ4n) is 3.76. The molecule has 5 rings (SSSR count). The molecule has 0 N–H and O–H groups in total. The number of hydrogen-bond donors (Lipinski definition) is 0. The Bertz CT molecular complexity index is 1240. The molecule has 136 valence electrons. The maximum absolute atomic E-state index is 5.74. The van der Waals surface area contributed by atoms with E-state index in [0.717, 1.165) is 17.9 Å². The Morgan fingerprint density at radius 1 is 0.536 bits per heavy atom. The van der Waals surface area contributed by atoms with Gasteiger partial charge in [-0.2, -0.15) is 0 Å². The molecule has 0 spiro atoms. The van der Waals surface area contributed by atoms with Gasteiger partial charge in [-0.3, -0.25) is 0 Å². The van der Waals surface area contributed by atoms with E-state index in [9.17, 15) is 0 Å². The molecule has 0 bridgehead atoms. The zero-order chi connectivity index (χ0) is 18.9. The van der Waals surface area contributed by atoms with Gasteiger partial charge in [0.05, 0.1) is 0 Å². The van der Waals surface area contributed by atoms with Gasteiger partial charge in [0, 0.05) is 25.5 Å². The summed E-state index contributed by atoms with van der Waals surface area (Å²) in [5.41, 5.74) is 2.52. The number of benzene rings is 4. The minimum absolute atomic E-state index is 0.786. The van der Waals surface area contributed by atoms with E-state index < -0.39 is 0 Å². The molecule has 28 heavy (non-hydrogen) atoms. The van der Waals surface area contributed by atoms with Gasteiger partial charge in [0.1, 0.15) is 0 Å². The maximum atomic E-state index is 5.74. The first-order chi connectivity index (χ1) is 13.8. The first kappa shape index (κ1) is 17.0. The Hall–Kier alpha value is -3.17. The SMILES string of the molecule is S=c1n(Cc2ccc3ccccc3c2)ccn1Cc1ccc2ccccc2c1. The van der Waals surface area contributed by atoms with Crippen LogP contribution in [0.15, 0.2) is 97.3 Å². The van der Waals surface area contributed by atoms with Crippen molar-refractivity contribution in [2.24, 2.45) is 0 Å². The first-order valence-electron chi connectivity index (χ1n) is 9.47. The Morgan fingerprint density at radius 2 is 0.964 bits per heavy atom. The zero-order valence-electron chi connectivity index (χ0n) is 15.5. The summed E-state index contributed by atoms with van der Waals surface area (Å²) in [5, 5.41) is 5.07. The molecular weight excluding hydrogens is 360 g/mol. The van der Waals surface area contributed by atoms with Crippen molar-refractivity contribution >= 4 is 33.8 Å². The summed E-state index contributed by atoms with van der Waals surface area (Å²) in [6, 6.07) is 30.1. The Kier molecular flexibility index (Phi) is 4.30. The molecule has 5 aromatic rings. The lowest BCUT2D eigenvalue weighted by Gasteiger charge is -2.07. The summed E-state index contributed by atoms with van der Waals surface area (Å²) >= 11 is 5.74. The highest BCUT2D eigenvalue weighted by Crippen LogP contribution is 2.18. The molecule has 0 amide bonds. The van der Waals surface area contributed by atoms with E-state index in [1.807, 2.05) is 0 Å². The van der Waals surface area contributed by atoms with Crippen LogP contribution in [-0.4, -0.2) is 9.13 Å². The lowest BCUT2D eigenvalue weighted by atomic mass is 10.1.